The predicted molar refractivity (Wildman–Crippen MR) is 132 cm³/mol. The number of ether oxygens (including phenoxy) is 2. The van der Waals surface area contributed by atoms with Crippen LogP contribution >= 0.6 is 11.6 Å². The van der Waals surface area contributed by atoms with Gasteiger partial charge in [-0.1, -0.05) is 23.7 Å². The van der Waals surface area contributed by atoms with Crippen molar-refractivity contribution in [3.05, 3.63) is 64.2 Å². The standard InChI is InChI=1S/C26H29ClN2O6/c1-2-35-19-7-4-17(5-8-19)23-22(24(31)20-16-18(27)6-9-21(20)30)25(32)26(33)29(23)11-3-10-28-12-14-34-15-13-28/h4-9,16,23,30-31H,2-3,10-15H2,1H3. The fourth-order valence-electron chi connectivity index (χ4n) is 4.50. The van der Waals surface area contributed by atoms with Gasteiger partial charge in [-0.25, -0.2) is 0 Å². The number of phenols is 1. The van der Waals surface area contributed by atoms with Crippen molar-refractivity contribution >= 4 is 29.1 Å². The van der Waals surface area contributed by atoms with Crippen LogP contribution in [0.4, 0.5) is 0 Å². The highest BCUT2D eigenvalue weighted by molar-refractivity contribution is 6.46. The highest BCUT2D eigenvalue weighted by Crippen LogP contribution is 2.41. The third-order valence-electron chi connectivity index (χ3n) is 6.24. The summed E-state index contributed by atoms with van der Waals surface area (Å²) in [6.45, 7) is 6.50. The number of aliphatic hydroxyl groups excluding tert-OH is 1. The Morgan fingerprint density at radius 2 is 1.83 bits per heavy atom. The Bertz CT molecular complexity index is 1110. The van der Waals surface area contributed by atoms with E-state index in [1.165, 1.54) is 23.1 Å². The maximum atomic E-state index is 13.2. The molecule has 0 saturated carbocycles. The molecule has 2 aromatic carbocycles. The highest BCUT2D eigenvalue weighted by Gasteiger charge is 2.46. The summed E-state index contributed by atoms with van der Waals surface area (Å²) in [6, 6.07) is 10.5. The Morgan fingerprint density at radius 3 is 2.51 bits per heavy atom. The summed E-state index contributed by atoms with van der Waals surface area (Å²) in [7, 11) is 0. The van der Waals surface area contributed by atoms with Gasteiger partial charge in [-0.05, 0) is 49.2 Å². The summed E-state index contributed by atoms with van der Waals surface area (Å²) in [4.78, 5) is 30.0. The summed E-state index contributed by atoms with van der Waals surface area (Å²) in [5.74, 6) is -1.53. The van der Waals surface area contributed by atoms with Gasteiger partial charge in [0.05, 0.1) is 37.0 Å². The first-order chi connectivity index (χ1) is 16.9. The first-order valence-electron chi connectivity index (χ1n) is 11.7. The minimum Gasteiger partial charge on any atom is -0.507 e. The van der Waals surface area contributed by atoms with Gasteiger partial charge in [0.2, 0.25) is 0 Å². The van der Waals surface area contributed by atoms with Crippen LogP contribution in [0.2, 0.25) is 5.02 Å². The Balaban J connectivity index is 1.70. The molecular weight excluding hydrogens is 472 g/mol. The Labute approximate surface area is 209 Å². The van der Waals surface area contributed by atoms with E-state index >= 15 is 0 Å². The monoisotopic (exact) mass is 500 g/mol. The molecule has 2 N–H and O–H groups in total. The molecule has 186 valence electrons. The van der Waals surface area contributed by atoms with Crippen LogP contribution in [0.3, 0.4) is 0 Å². The smallest absolute Gasteiger partial charge is 0.295 e. The number of rotatable bonds is 8. The van der Waals surface area contributed by atoms with E-state index in [2.05, 4.69) is 4.90 Å². The van der Waals surface area contributed by atoms with Crippen LogP contribution in [0, 0.1) is 0 Å². The fraction of sp³-hybridized carbons (Fsp3) is 0.385. The molecule has 4 rings (SSSR count). The Hall–Kier alpha value is -3.07. The first-order valence-corrected chi connectivity index (χ1v) is 12.1. The minimum atomic E-state index is -0.811. The number of carbonyl (C=O) groups is 2. The average molecular weight is 501 g/mol. The van der Waals surface area contributed by atoms with Crippen molar-refractivity contribution in [1.29, 1.82) is 0 Å². The highest BCUT2D eigenvalue weighted by atomic mass is 35.5. The number of hydrogen-bond acceptors (Lipinski definition) is 7. The molecule has 1 amide bonds. The van der Waals surface area contributed by atoms with Gasteiger partial charge in [-0.2, -0.15) is 0 Å². The number of hydrogen-bond donors (Lipinski definition) is 2. The molecule has 2 fully saturated rings. The number of phenolic OH excluding ortho intramolecular Hbond substituents is 1. The Morgan fingerprint density at radius 1 is 1.11 bits per heavy atom. The molecule has 1 atom stereocenters. The molecule has 1 unspecified atom stereocenters. The van der Waals surface area contributed by atoms with Gasteiger partial charge >= 0.3 is 0 Å². The second-order valence-corrected chi connectivity index (χ2v) is 8.90. The molecule has 35 heavy (non-hydrogen) atoms. The van der Waals surface area contributed by atoms with Crippen LogP contribution in [0.25, 0.3) is 5.76 Å². The minimum absolute atomic E-state index is 0.000229. The van der Waals surface area contributed by atoms with Crippen molar-refractivity contribution < 1.29 is 29.3 Å². The predicted octanol–water partition coefficient (Wildman–Crippen LogP) is 3.59. The Kier molecular flexibility index (Phi) is 7.95. The van der Waals surface area contributed by atoms with Crippen molar-refractivity contribution in [3.63, 3.8) is 0 Å². The zero-order valence-corrected chi connectivity index (χ0v) is 20.3. The largest absolute Gasteiger partial charge is 0.507 e. The lowest BCUT2D eigenvalue weighted by molar-refractivity contribution is -0.140. The molecule has 0 bridgehead atoms. The van der Waals surface area contributed by atoms with Gasteiger partial charge in [0.1, 0.15) is 17.3 Å². The van der Waals surface area contributed by atoms with Crippen molar-refractivity contribution in [2.75, 3.05) is 46.0 Å². The molecule has 2 aliphatic rings. The van der Waals surface area contributed by atoms with E-state index in [0.717, 1.165) is 19.6 Å². The summed E-state index contributed by atoms with van der Waals surface area (Å²) in [5.41, 5.74) is 0.574. The van der Waals surface area contributed by atoms with Crippen LogP contribution in [0.1, 0.15) is 30.5 Å². The quantitative estimate of drug-likeness (QED) is 0.324. The lowest BCUT2D eigenvalue weighted by Crippen LogP contribution is -2.38. The van der Waals surface area contributed by atoms with Crippen LogP contribution in [0.15, 0.2) is 48.0 Å². The van der Waals surface area contributed by atoms with Crippen molar-refractivity contribution in [2.24, 2.45) is 0 Å². The van der Waals surface area contributed by atoms with Crippen molar-refractivity contribution in [3.8, 4) is 11.5 Å². The van der Waals surface area contributed by atoms with Gasteiger partial charge in [-0.15, -0.1) is 0 Å². The summed E-state index contributed by atoms with van der Waals surface area (Å²) >= 11 is 6.07. The molecular formula is C26H29ClN2O6. The zero-order valence-electron chi connectivity index (χ0n) is 19.6. The van der Waals surface area contributed by atoms with Gasteiger partial charge in [0.15, 0.2) is 0 Å². The maximum absolute atomic E-state index is 13.2. The number of benzene rings is 2. The zero-order chi connectivity index (χ0) is 24.9. The second-order valence-electron chi connectivity index (χ2n) is 8.46. The van der Waals surface area contributed by atoms with E-state index in [4.69, 9.17) is 21.1 Å². The molecule has 2 aliphatic heterocycles. The molecule has 0 aliphatic carbocycles. The topological polar surface area (TPSA) is 99.5 Å². The van der Waals surface area contributed by atoms with Crippen molar-refractivity contribution in [2.45, 2.75) is 19.4 Å². The van der Waals surface area contributed by atoms with Crippen molar-refractivity contribution in [1.82, 2.24) is 9.80 Å². The van der Waals surface area contributed by atoms with E-state index in [9.17, 15) is 19.8 Å². The summed E-state index contributed by atoms with van der Waals surface area (Å²) in [6.07, 6.45) is 0.656. The van der Waals surface area contributed by atoms with Crippen LogP contribution < -0.4 is 4.74 Å². The van der Waals surface area contributed by atoms with Gasteiger partial charge < -0.3 is 24.6 Å². The second kappa shape index (κ2) is 11.1. The summed E-state index contributed by atoms with van der Waals surface area (Å²) in [5, 5.41) is 21.8. The van der Waals surface area contributed by atoms with E-state index in [-0.39, 0.29) is 21.9 Å². The van der Waals surface area contributed by atoms with Crippen LogP contribution in [0.5, 0.6) is 11.5 Å². The third-order valence-corrected chi connectivity index (χ3v) is 6.47. The average Bonchev–Trinajstić information content (AvgIpc) is 3.11. The lowest BCUT2D eigenvalue weighted by atomic mass is 9.95. The SMILES string of the molecule is CCOc1ccc(C2C(=C(O)c3cc(Cl)ccc3O)C(=O)C(=O)N2CCCN2CCOCC2)cc1. The number of morpholine rings is 1. The molecule has 2 saturated heterocycles. The number of halogens is 1. The molecule has 9 heteroatoms. The number of likely N-dealkylation sites (tertiary alicyclic amines) is 1. The molecule has 2 aromatic rings. The van der Waals surface area contributed by atoms with Crippen LogP contribution in [-0.4, -0.2) is 77.7 Å². The number of aliphatic hydroxyl groups is 1. The maximum Gasteiger partial charge on any atom is 0.295 e. The molecule has 0 aromatic heterocycles. The third kappa shape index (κ3) is 5.45. The van der Waals surface area contributed by atoms with E-state index in [0.29, 0.717) is 44.1 Å². The van der Waals surface area contributed by atoms with E-state index < -0.39 is 23.5 Å². The number of nitrogens with zero attached hydrogens (tertiary/aromatic N) is 2. The molecule has 0 spiro atoms. The molecule has 0 radical (unpaired) electrons. The number of ketones is 1. The summed E-state index contributed by atoms with van der Waals surface area (Å²) < 4.78 is 10.9. The molecule has 8 nitrogen and oxygen atoms in total. The number of amides is 1. The molecule has 2 heterocycles. The number of carbonyl (C=O) groups excluding carboxylic acids is 2. The van der Waals surface area contributed by atoms with Gasteiger partial charge in [-0.3, -0.25) is 14.5 Å². The first kappa shape index (κ1) is 25.0. The van der Waals surface area contributed by atoms with Gasteiger partial charge in [0, 0.05) is 31.2 Å². The number of aromatic hydroxyl groups is 1. The van der Waals surface area contributed by atoms with Gasteiger partial charge in [0.25, 0.3) is 11.7 Å². The van der Waals surface area contributed by atoms with E-state index in [1.807, 2.05) is 6.92 Å². The number of Topliss-reactive ketones (excluding diaryl/α,β-unsaturated/α-hetero) is 1. The van der Waals surface area contributed by atoms with E-state index in [1.54, 1.807) is 24.3 Å². The lowest BCUT2D eigenvalue weighted by Gasteiger charge is -2.29. The normalized spacial score (nSPS) is 20.4. The van der Waals surface area contributed by atoms with Crippen LogP contribution in [-0.2, 0) is 14.3 Å². The fourth-order valence-corrected chi connectivity index (χ4v) is 4.67.